The van der Waals surface area contributed by atoms with Crippen LogP contribution in [0.3, 0.4) is 0 Å². The van der Waals surface area contributed by atoms with Crippen molar-refractivity contribution in [3.63, 3.8) is 0 Å². The summed E-state index contributed by atoms with van der Waals surface area (Å²) in [7, 11) is 0. The second-order valence-corrected chi connectivity index (χ2v) is 5.49. The molecule has 0 aliphatic heterocycles. The van der Waals surface area contributed by atoms with E-state index in [1.165, 1.54) is 24.3 Å². The van der Waals surface area contributed by atoms with E-state index in [-0.39, 0.29) is 28.2 Å². The number of nitrogens with one attached hydrogen (secondary N) is 1. The largest absolute Gasteiger partial charge is 0.484 e. The smallest absolute Gasteiger partial charge is 0.422 e. The molecule has 1 aromatic heterocycles. The summed E-state index contributed by atoms with van der Waals surface area (Å²) in [5.74, 6) is -0.429. The minimum atomic E-state index is -4.39. The van der Waals surface area contributed by atoms with Gasteiger partial charge in [0.2, 0.25) is 0 Å². The molecule has 1 amide bonds. The lowest BCUT2D eigenvalue weighted by Gasteiger charge is -2.10. The monoisotopic (exact) mass is 378 g/mol. The number of benzene rings is 1. The number of pyridine rings is 1. The number of alkyl halides is 3. The normalized spacial score (nSPS) is 11.2. The minimum Gasteiger partial charge on any atom is -0.484 e. The van der Waals surface area contributed by atoms with Crippen molar-refractivity contribution < 1.29 is 22.7 Å². The highest BCUT2D eigenvalue weighted by Crippen LogP contribution is 2.19. The van der Waals surface area contributed by atoms with E-state index in [0.29, 0.717) is 5.56 Å². The number of carbonyl (C=O) groups excluding carboxylic acids is 1. The molecule has 1 heterocycles. The Morgan fingerprint density at radius 2 is 1.79 bits per heavy atom. The molecule has 0 saturated carbocycles. The first kappa shape index (κ1) is 18.4. The molecule has 0 bridgehead atoms. The quantitative estimate of drug-likeness (QED) is 0.790. The molecule has 0 atom stereocenters. The SMILES string of the molecule is O=C(NCc1ccc(OCC(F)(F)F)cc1)c1nc(Cl)ccc1Cl. The number of rotatable bonds is 5. The Morgan fingerprint density at radius 1 is 1.12 bits per heavy atom. The third-order valence-electron chi connectivity index (χ3n) is 2.81. The van der Waals surface area contributed by atoms with Crippen molar-refractivity contribution in [3.8, 4) is 5.75 Å². The summed E-state index contributed by atoms with van der Waals surface area (Å²) in [6.45, 7) is -1.22. The van der Waals surface area contributed by atoms with E-state index in [2.05, 4.69) is 15.0 Å². The van der Waals surface area contributed by atoms with E-state index in [1.54, 1.807) is 12.1 Å². The second kappa shape index (κ2) is 7.72. The molecule has 0 fully saturated rings. The van der Waals surface area contributed by atoms with E-state index >= 15 is 0 Å². The molecule has 1 aromatic carbocycles. The van der Waals surface area contributed by atoms with Crippen molar-refractivity contribution >= 4 is 29.1 Å². The van der Waals surface area contributed by atoms with E-state index < -0.39 is 18.7 Å². The predicted molar refractivity (Wildman–Crippen MR) is 83.4 cm³/mol. The van der Waals surface area contributed by atoms with Gasteiger partial charge < -0.3 is 10.1 Å². The summed E-state index contributed by atoms with van der Waals surface area (Å²) in [5.41, 5.74) is 0.662. The van der Waals surface area contributed by atoms with Crippen LogP contribution < -0.4 is 10.1 Å². The average molecular weight is 379 g/mol. The molecule has 1 N–H and O–H groups in total. The zero-order chi connectivity index (χ0) is 17.7. The van der Waals surface area contributed by atoms with E-state index in [0.717, 1.165) is 0 Å². The Morgan fingerprint density at radius 3 is 2.42 bits per heavy atom. The highest BCUT2D eigenvalue weighted by atomic mass is 35.5. The van der Waals surface area contributed by atoms with Crippen molar-refractivity contribution in [3.05, 3.63) is 57.8 Å². The molecule has 0 aliphatic rings. The lowest BCUT2D eigenvalue weighted by Crippen LogP contribution is -2.24. The lowest BCUT2D eigenvalue weighted by atomic mass is 10.2. The van der Waals surface area contributed by atoms with Crippen LogP contribution in [-0.4, -0.2) is 23.7 Å². The second-order valence-electron chi connectivity index (χ2n) is 4.69. The number of amides is 1. The van der Waals surface area contributed by atoms with Gasteiger partial charge in [0.05, 0.1) is 5.02 Å². The Hall–Kier alpha value is -1.99. The standard InChI is InChI=1S/C15H11Cl2F3N2O2/c16-11-5-6-12(17)22-13(11)14(23)21-7-9-1-3-10(4-2-9)24-8-15(18,19)20/h1-6H,7-8H2,(H,21,23). The van der Waals surface area contributed by atoms with E-state index in [4.69, 9.17) is 23.2 Å². The van der Waals surface area contributed by atoms with Crippen LogP contribution in [-0.2, 0) is 6.54 Å². The van der Waals surface area contributed by atoms with Gasteiger partial charge in [0.1, 0.15) is 16.6 Å². The van der Waals surface area contributed by atoms with Crippen molar-refractivity contribution in [2.75, 3.05) is 6.61 Å². The van der Waals surface area contributed by atoms with Gasteiger partial charge in [-0.3, -0.25) is 4.79 Å². The van der Waals surface area contributed by atoms with Crippen LogP contribution in [0, 0.1) is 0 Å². The molecule has 0 spiro atoms. The van der Waals surface area contributed by atoms with Crippen molar-refractivity contribution in [1.82, 2.24) is 10.3 Å². The van der Waals surface area contributed by atoms with E-state index in [9.17, 15) is 18.0 Å². The van der Waals surface area contributed by atoms with Crippen LogP contribution >= 0.6 is 23.2 Å². The highest BCUT2D eigenvalue weighted by molar-refractivity contribution is 6.34. The molecular formula is C15H11Cl2F3N2O2. The molecule has 4 nitrogen and oxygen atoms in total. The Labute approximate surface area is 145 Å². The fraction of sp³-hybridized carbons (Fsp3) is 0.200. The maximum atomic E-state index is 12.1. The number of ether oxygens (including phenoxy) is 1. The van der Waals surface area contributed by atoms with Gasteiger partial charge in [0, 0.05) is 6.54 Å². The van der Waals surface area contributed by atoms with Crippen LogP contribution in [0.5, 0.6) is 5.75 Å². The van der Waals surface area contributed by atoms with Gasteiger partial charge in [-0.25, -0.2) is 4.98 Å². The Balaban J connectivity index is 1.92. The highest BCUT2D eigenvalue weighted by Gasteiger charge is 2.28. The zero-order valence-corrected chi connectivity index (χ0v) is 13.5. The number of nitrogens with zero attached hydrogens (tertiary/aromatic N) is 1. The molecular weight excluding hydrogens is 368 g/mol. The summed E-state index contributed by atoms with van der Waals surface area (Å²) in [5, 5.41) is 2.89. The molecule has 128 valence electrons. The van der Waals surface area contributed by atoms with Crippen LogP contribution in [0.1, 0.15) is 16.1 Å². The molecule has 2 rings (SSSR count). The minimum absolute atomic E-state index is 0.00528. The molecule has 0 unspecified atom stereocenters. The third kappa shape index (κ3) is 5.58. The van der Waals surface area contributed by atoms with Gasteiger partial charge in [0.25, 0.3) is 5.91 Å². The van der Waals surface area contributed by atoms with Crippen molar-refractivity contribution in [2.45, 2.75) is 12.7 Å². The number of hydrogen-bond donors (Lipinski definition) is 1. The predicted octanol–water partition coefficient (Wildman–Crippen LogP) is 4.26. The van der Waals surface area contributed by atoms with Gasteiger partial charge in [-0.2, -0.15) is 13.2 Å². The van der Waals surface area contributed by atoms with Crippen LogP contribution in [0.25, 0.3) is 0 Å². The van der Waals surface area contributed by atoms with Gasteiger partial charge in [-0.05, 0) is 29.8 Å². The number of halogens is 5. The molecule has 24 heavy (non-hydrogen) atoms. The summed E-state index contributed by atoms with van der Waals surface area (Å²) in [4.78, 5) is 15.8. The number of carbonyl (C=O) groups is 1. The first-order valence-electron chi connectivity index (χ1n) is 6.63. The summed E-state index contributed by atoms with van der Waals surface area (Å²) in [6.07, 6.45) is -4.39. The van der Waals surface area contributed by atoms with Gasteiger partial charge in [0.15, 0.2) is 6.61 Å². The van der Waals surface area contributed by atoms with Crippen LogP contribution in [0.15, 0.2) is 36.4 Å². The molecule has 9 heteroatoms. The Kier molecular flexibility index (Phi) is 5.90. The van der Waals surface area contributed by atoms with Crippen molar-refractivity contribution in [1.29, 1.82) is 0 Å². The maximum absolute atomic E-state index is 12.1. The third-order valence-corrected chi connectivity index (χ3v) is 3.32. The summed E-state index contributed by atoms with van der Waals surface area (Å²) < 4.78 is 40.8. The number of aromatic nitrogens is 1. The van der Waals surface area contributed by atoms with Gasteiger partial charge in [-0.1, -0.05) is 35.3 Å². The molecule has 2 aromatic rings. The van der Waals surface area contributed by atoms with Crippen molar-refractivity contribution in [2.24, 2.45) is 0 Å². The molecule has 0 aliphatic carbocycles. The zero-order valence-electron chi connectivity index (χ0n) is 12.0. The summed E-state index contributed by atoms with van der Waals surface area (Å²) >= 11 is 11.6. The first-order chi connectivity index (χ1) is 11.2. The summed E-state index contributed by atoms with van der Waals surface area (Å²) in [6, 6.07) is 8.77. The number of hydrogen-bond acceptors (Lipinski definition) is 3. The fourth-order valence-corrected chi connectivity index (χ4v) is 2.05. The average Bonchev–Trinajstić information content (AvgIpc) is 2.53. The molecule has 0 radical (unpaired) electrons. The first-order valence-corrected chi connectivity index (χ1v) is 7.39. The Bertz CT molecular complexity index is 722. The lowest BCUT2D eigenvalue weighted by molar-refractivity contribution is -0.153. The topological polar surface area (TPSA) is 51.2 Å². The van der Waals surface area contributed by atoms with Crippen LogP contribution in [0.2, 0.25) is 10.2 Å². The molecule has 0 saturated heterocycles. The van der Waals surface area contributed by atoms with Crippen LogP contribution in [0.4, 0.5) is 13.2 Å². The fourth-order valence-electron chi connectivity index (χ4n) is 1.71. The maximum Gasteiger partial charge on any atom is 0.422 e. The van der Waals surface area contributed by atoms with Gasteiger partial charge >= 0.3 is 6.18 Å². The van der Waals surface area contributed by atoms with Gasteiger partial charge in [-0.15, -0.1) is 0 Å². The van der Waals surface area contributed by atoms with E-state index in [1.807, 2.05) is 0 Å².